The van der Waals surface area contributed by atoms with Gasteiger partial charge in [-0.05, 0) is 35.4 Å². The molecule has 40 heavy (non-hydrogen) atoms. The molecule has 0 bridgehead atoms. The molecular weight excluding hydrogens is 572 g/mol. The van der Waals surface area contributed by atoms with Crippen LogP contribution in [0.15, 0.2) is 48.5 Å². The zero-order valence-electron chi connectivity index (χ0n) is 19.0. The molecule has 4 aromatic rings. The highest BCUT2D eigenvalue weighted by Crippen LogP contribution is 2.53. The molecule has 2 atom stereocenters. The summed E-state index contributed by atoms with van der Waals surface area (Å²) in [5.74, 6) is -30.6. The van der Waals surface area contributed by atoms with Crippen molar-refractivity contribution in [1.82, 2.24) is 0 Å². The predicted octanol–water partition coefficient (Wildman–Crippen LogP) is 6.53. The molecule has 0 saturated carbocycles. The van der Waals surface area contributed by atoms with Crippen molar-refractivity contribution >= 4 is 0 Å². The van der Waals surface area contributed by atoms with Crippen LogP contribution in [0, 0.1) is 69.8 Å². The van der Waals surface area contributed by atoms with E-state index in [1.54, 1.807) is 0 Å². The average molecular weight is 582 g/mol. The molecule has 0 aromatic heterocycles. The first-order valence-electron chi connectivity index (χ1n) is 10.6. The molecule has 14 heteroatoms. The van der Waals surface area contributed by atoms with Crippen LogP contribution in [0.5, 0.6) is 0 Å². The van der Waals surface area contributed by atoms with Crippen molar-refractivity contribution in [2.24, 2.45) is 0 Å². The van der Waals surface area contributed by atoms with Crippen molar-refractivity contribution in [1.29, 1.82) is 0 Å². The van der Waals surface area contributed by atoms with Gasteiger partial charge < -0.3 is 10.2 Å². The second-order valence-electron chi connectivity index (χ2n) is 8.32. The van der Waals surface area contributed by atoms with Gasteiger partial charge in [0.1, 0.15) is 11.6 Å². The van der Waals surface area contributed by atoms with Gasteiger partial charge in [-0.1, -0.05) is 24.3 Å². The number of aliphatic hydroxyl groups is 2. The van der Waals surface area contributed by atoms with Gasteiger partial charge in [-0.15, -0.1) is 0 Å². The average Bonchev–Trinajstić information content (AvgIpc) is 2.93. The fourth-order valence-corrected chi connectivity index (χ4v) is 4.30. The lowest BCUT2D eigenvalue weighted by molar-refractivity contribution is -0.121. The van der Waals surface area contributed by atoms with Crippen LogP contribution in [-0.2, 0) is 11.2 Å². The topological polar surface area (TPSA) is 40.5 Å². The summed E-state index contributed by atoms with van der Waals surface area (Å²) < 4.78 is 173. The monoisotopic (exact) mass is 582 g/mol. The first-order chi connectivity index (χ1) is 18.6. The SMILES string of the molecule is OC(c1ccc(F)cc1)(c1c(F)c(F)c(F)c(F)c1F)C(O)(c1ccc(F)cc1)c1c(F)c(F)c(F)c(F)c1F. The minimum atomic E-state index is -4.42. The van der Waals surface area contributed by atoms with Crippen molar-refractivity contribution in [3.63, 3.8) is 0 Å². The molecule has 0 fully saturated rings. The van der Waals surface area contributed by atoms with Crippen molar-refractivity contribution < 1.29 is 62.9 Å². The van der Waals surface area contributed by atoms with E-state index in [0.717, 1.165) is 0 Å². The molecule has 0 radical (unpaired) electrons. The summed E-state index contributed by atoms with van der Waals surface area (Å²) in [6.45, 7) is 0. The highest BCUT2D eigenvalue weighted by Gasteiger charge is 2.60. The van der Waals surface area contributed by atoms with Crippen LogP contribution in [-0.4, -0.2) is 10.2 Å². The van der Waals surface area contributed by atoms with Crippen LogP contribution in [0.3, 0.4) is 0 Å². The van der Waals surface area contributed by atoms with Gasteiger partial charge in [0.15, 0.2) is 57.7 Å². The first kappa shape index (κ1) is 29.0. The van der Waals surface area contributed by atoms with E-state index in [1.807, 2.05) is 0 Å². The zero-order valence-corrected chi connectivity index (χ0v) is 19.0. The van der Waals surface area contributed by atoms with E-state index in [-0.39, 0.29) is 0 Å². The van der Waals surface area contributed by atoms with Crippen LogP contribution in [0.2, 0.25) is 0 Å². The second kappa shape index (κ2) is 9.86. The van der Waals surface area contributed by atoms with Gasteiger partial charge in [0.2, 0.25) is 11.6 Å². The summed E-state index contributed by atoms with van der Waals surface area (Å²) >= 11 is 0. The van der Waals surface area contributed by atoms with E-state index < -0.39 is 103 Å². The molecule has 2 unspecified atom stereocenters. The number of hydrogen-bond acceptors (Lipinski definition) is 2. The molecule has 0 spiro atoms. The molecule has 4 rings (SSSR count). The van der Waals surface area contributed by atoms with Gasteiger partial charge in [-0.25, -0.2) is 52.7 Å². The molecule has 0 saturated heterocycles. The Kier molecular flexibility index (Phi) is 7.13. The Hall–Kier alpha value is -4.04. The van der Waals surface area contributed by atoms with Crippen molar-refractivity contribution in [2.45, 2.75) is 11.2 Å². The Balaban J connectivity index is 2.35. The van der Waals surface area contributed by atoms with E-state index in [1.165, 1.54) is 0 Å². The maximum atomic E-state index is 15.2. The lowest BCUT2D eigenvalue weighted by Gasteiger charge is -2.45. The summed E-state index contributed by atoms with van der Waals surface area (Å²) in [5.41, 5.74) is -16.3. The van der Waals surface area contributed by atoms with Crippen LogP contribution < -0.4 is 0 Å². The first-order valence-corrected chi connectivity index (χ1v) is 10.6. The Labute approximate surface area is 215 Å². The molecular formula is C26H10F12O2. The van der Waals surface area contributed by atoms with Gasteiger partial charge in [0, 0.05) is 0 Å². The molecule has 0 aliphatic heterocycles. The molecule has 4 aromatic carbocycles. The van der Waals surface area contributed by atoms with E-state index in [4.69, 9.17) is 0 Å². The summed E-state index contributed by atoms with van der Waals surface area (Å²) in [6.07, 6.45) is 0. The fraction of sp³-hybridized carbons (Fsp3) is 0.0769. The molecule has 210 valence electrons. The quantitative estimate of drug-likeness (QED) is 0.160. The largest absolute Gasteiger partial charge is 0.376 e. The van der Waals surface area contributed by atoms with Crippen LogP contribution in [0.25, 0.3) is 0 Å². The lowest BCUT2D eigenvalue weighted by atomic mass is 9.65. The standard InChI is InChI=1S/C26H10F12O2/c27-11-5-1-9(2-6-11)25(39,13-15(29)19(33)23(37)20(34)16(13)30)26(40,10-3-7-12(28)8-4-10)14-17(31)21(35)24(38)22(36)18(14)32/h1-8,39-40H. The molecule has 0 aliphatic carbocycles. The Morgan fingerprint density at radius 2 is 0.525 bits per heavy atom. The molecule has 0 aliphatic rings. The fourth-order valence-electron chi connectivity index (χ4n) is 4.30. The van der Waals surface area contributed by atoms with Gasteiger partial charge in [0.05, 0.1) is 11.1 Å². The molecule has 0 amide bonds. The lowest BCUT2D eigenvalue weighted by Crippen LogP contribution is -2.53. The van der Waals surface area contributed by atoms with Gasteiger partial charge in [-0.3, -0.25) is 0 Å². The van der Waals surface area contributed by atoms with Crippen molar-refractivity contribution in [2.75, 3.05) is 0 Å². The predicted molar refractivity (Wildman–Crippen MR) is 111 cm³/mol. The number of halogens is 12. The minimum absolute atomic E-state index is 0.355. The van der Waals surface area contributed by atoms with Gasteiger partial charge in [0.25, 0.3) is 0 Å². The normalized spacial score (nSPS) is 14.7. The Morgan fingerprint density at radius 3 is 0.750 bits per heavy atom. The van der Waals surface area contributed by atoms with Gasteiger partial charge in [-0.2, -0.15) is 0 Å². The number of rotatable bonds is 5. The van der Waals surface area contributed by atoms with E-state index in [9.17, 15) is 45.3 Å². The molecule has 0 heterocycles. The van der Waals surface area contributed by atoms with Crippen LogP contribution in [0.4, 0.5) is 52.7 Å². The minimum Gasteiger partial charge on any atom is -0.376 e. The number of benzene rings is 4. The second-order valence-corrected chi connectivity index (χ2v) is 8.32. The Bertz CT molecular complexity index is 1460. The summed E-state index contributed by atoms with van der Waals surface area (Å²) in [5, 5.41) is 23.7. The highest BCUT2D eigenvalue weighted by molar-refractivity contribution is 5.52. The van der Waals surface area contributed by atoms with Gasteiger partial charge >= 0.3 is 0 Å². The maximum absolute atomic E-state index is 15.2. The highest BCUT2D eigenvalue weighted by atomic mass is 19.2. The molecule has 2 N–H and O–H groups in total. The maximum Gasteiger partial charge on any atom is 0.200 e. The van der Waals surface area contributed by atoms with E-state index >= 15 is 17.6 Å². The third kappa shape index (κ3) is 3.92. The third-order valence-corrected chi connectivity index (χ3v) is 6.19. The summed E-state index contributed by atoms with van der Waals surface area (Å²) in [7, 11) is 0. The van der Waals surface area contributed by atoms with E-state index in [2.05, 4.69) is 0 Å². The molecule has 2 nitrogen and oxygen atoms in total. The third-order valence-electron chi connectivity index (χ3n) is 6.19. The zero-order chi connectivity index (χ0) is 29.9. The van der Waals surface area contributed by atoms with Crippen molar-refractivity contribution in [3.05, 3.63) is 141 Å². The number of hydrogen-bond donors (Lipinski definition) is 2. The summed E-state index contributed by atoms with van der Waals surface area (Å²) in [4.78, 5) is 0. The summed E-state index contributed by atoms with van der Waals surface area (Å²) in [6, 6.07) is 3.02. The van der Waals surface area contributed by atoms with Crippen molar-refractivity contribution in [3.8, 4) is 0 Å². The van der Waals surface area contributed by atoms with E-state index in [0.29, 0.717) is 48.5 Å². The van der Waals surface area contributed by atoms with Crippen LogP contribution in [0.1, 0.15) is 22.3 Å². The van der Waals surface area contributed by atoms with Crippen LogP contribution >= 0.6 is 0 Å². The smallest absolute Gasteiger partial charge is 0.200 e. The Morgan fingerprint density at radius 1 is 0.325 bits per heavy atom.